The van der Waals surface area contributed by atoms with Gasteiger partial charge in [-0.25, -0.2) is 0 Å². The van der Waals surface area contributed by atoms with Crippen molar-refractivity contribution in [2.75, 3.05) is 5.73 Å². The van der Waals surface area contributed by atoms with Gasteiger partial charge in [0.2, 0.25) is 5.91 Å². The van der Waals surface area contributed by atoms with E-state index in [2.05, 4.69) is 0 Å². The van der Waals surface area contributed by atoms with E-state index in [-0.39, 0.29) is 23.2 Å². The number of nitrogens with zero attached hydrogens (tertiary/aromatic N) is 1. The number of fused-ring (bicyclic) bond motifs is 1. The fourth-order valence-electron chi connectivity index (χ4n) is 2.11. The van der Waals surface area contributed by atoms with Crippen LogP contribution in [0.15, 0.2) is 18.2 Å². The highest BCUT2D eigenvalue weighted by Crippen LogP contribution is 2.29. The van der Waals surface area contributed by atoms with Crippen LogP contribution in [0.3, 0.4) is 0 Å². The fraction of sp³-hybridized carbons (Fsp3) is 0.250. The van der Waals surface area contributed by atoms with Crippen molar-refractivity contribution in [1.29, 1.82) is 0 Å². The number of nitrogen functional groups attached to an aromatic ring is 1. The molecule has 1 aliphatic rings. The molecule has 1 aromatic carbocycles. The Balaban J connectivity index is 2.40. The number of carbonyl (C=O) groups is 3. The number of nitrogens with two attached hydrogens (primary N) is 2. The summed E-state index contributed by atoms with van der Waals surface area (Å²) >= 11 is 0. The number of anilines is 1. The quantitative estimate of drug-likeness (QED) is 0.584. The minimum absolute atomic E-state index is 0.0641. The van der Waals surface area contributed by atoms with Crippen LogP contribution in [0.25, 0.3) is 0 Å². The van der Waals surface area contributed by atoms with Crippen molar-refractivity contribution < 1.29 is 14.4 Å². The molecule has 1 aromatic rings. The van der Waals surface area contributed by atoms with Gasteiger partial charge in [-0.3, -0.25) is 19.3 Å². The van der Waals surface area contributed by atoms with Crippen molar-refractivity contribution in [2.24, 2.45) is 5.73 Å². The molecule has 1 heterocycles. The fourth-order valence-corrected chi connectivity index (χ4v) is 2.11. The zero-order chi connectivity index (χ0) is 13.4. The highest BCUT2D eigenvalue weighted by molar-refractivity contribution is 6.23. The van der Waals surface area contributed by atoms with Crippen LogP contribution in [-0.2, 0) is 4.79 Å². The van der Waals surface area contributed by atoms with Crippen molar-refractivity contribution in [3.05, 3.63) is 29.3 Å². The molecule has 0 spiro atoms. The predicted octanol–water partition coefficient (Wildman–Crippen LogP) is 0.129. The van der Waals surface area contributed by atoms with E-state index in [1.165, 1.54) is 0 Å². The van der Waals surface area contributed by atoms with E-state index < -0.39 is 23.8 Å². The number of carbonyl (C=O) groups excluding carboxylic acids is 3. The van der Waals surface area contributed by atoms with Gasteiger partial charge in [0.15, 0.2) is 0 Å². The Labute approximate surface area is 104 Å². The zero-order valence-corrected chi connectivity index (χ0v) is 9.84. The molecule has 6 heteroatoms. The molecule has 3 amide bonds. The van der Waals surface area contributed by atoms with Crippen molar-refractivity contribution >= 4 is 23.4 Å². The third-order valence-corrected chi connectivity index (χ3v) is 2.92. The van der Waals surface area contributed by atoms with Crippen LogP contribution in [0, 0.1) is 0 Å². The Morgan fingerprint density at radius 3 is 2.56 bits per heavy atom. The number of primary amides is 1. The Bertz CT molecular complexity index is 553. The molecule has 18 heavy (non-hydrogen) atoms. The largest absolute Gasteiger partial charge is 0.398 e. The minimum atomic E-state index is -0.575. The second-order valence-electron chi connectivity index (χ2n) is 4.27. The molecule has 0 saturated carbocycles. The van der Waals surface area contributed by atoms with Gasteiger partial charge < -0.3 is 11.5 Å². The van der Waals surface area contributed by atoms with E-state index in [0.717, 1.165) is 4.90 Å². The summed E-state index contributed by atoms with van der Waals surface area (Å²) < 4.78 is 0. The first-order chi connectivity index (χ1) is 8.43. The maximum absolute atomic E-state index is 12.1. The van der Waals surface area contributed by atoms with E-state index in [4.69, 9.17) is 11.5 Å². The third-order valence-electron chi connectivity index (χ3n) is 2.92. The summed E-state index contributed by atoms with van der Waals surface area (Å²) in [5.41, 5.74) is 11.5. The highest BCUT2D eigenvalue weighted by Gasteiger charge is 2.39. The number of hydrogen-bond acceptors (Lipinski definition) is 4. The Morgan fingerprint density at radius 2 is 2.00 bits per heavy atom. The number of rotatable bonds is 3. The van der Waals surface area contributed by atoms with Crippen LogP contribution >= 0.6 is 0 Å². The SMILES string of the molecule is CC(CC(N)=O)N1C(=O)c2cccc(N)c2C1=O. The van der Waals surface area contributed by atoms with Crippen LogP contribution < -0.4 is 11.5 Å². The molecule has 0 aliphatic carbocycles. The average Bonchev–Trinajstić information content (AvgIpc) is 2.51. The zero-order valence-electron chi connectivity index (χ0n) is 9.84. The number of amides is 3. The maximum atomic E-state index is 12.1. The van der Waals surface area contributed by atoms with Crippen molar-refractivity contribution in [2.45, 2.75) is 19.4 Å². The third kappa shape index (κ3) is 1.71. The molecule has 0 aromatic heterocycles. The van der Waals surface area contributed by atoms with Crippen LogP contribution in [-0.4, -0.2) is 28.7 Å². The molecule has 1 aliphatic heterocycles. The average molecular weight is 247 g/mol. The van der Waals surface area contributed by atoms with Crippen LogP contribution in [0.5, 0.6) is 0 Å². The first-order valence-corrected chi connectivity index (χ1v) is 5.48. The topological polar surface area (TPSA) is 106 Å². The molecule has 1 atom stereocenters. The van der Waals surface area contributed by atoms with Gasteiger partial charge in [-0.2, -0.15) is 0 Å². The maximum Gasteiger partial charge on any atom is 0.263 e. The summed E-state index contributed by atoms with van der Waals surface area (Å²) in [5, 5.41) is 0. The molecule has 4 N–H and O–H groups in total. The van der Waals surface area contributed by atoms with Crippen LogP contribution in [0.2, 0.25) is 0 Å². The Hall–Kier alpha value is -2.37. The van der Waals surface area contributed by atoms with Gasteiger partial charge in [0, 0.05) is 18.2 Å². The summed E-state index contributed by atoms with van der Waals surface area (Å²) in [4.78, 5) is 36.1. The summed E-state index contributed by atoms with van der Waals surface area (Å²) in [5.74, 6) is -1.47. The van der Waals surface area contributed by atoms with Crippen molar-refractivity contribution in [3.8, 4) is 0 Å². The number of imide groups is 1. The minimum Gasteiger partial charge on any atom is -0.398 e. The molecule has 94 valence electrons. The Kier molecular flexibility index (Phi) is 2.78. The summed E-state index contributed by atoms with van der Waals surface area (Å²) in [6, 6.07) is 4.14. The summed E-state index contributed by atoms with van der Waals surface area (Å²) in [6.07, 6.45) is -0.0641. The molecular formula is C12H13N3O3. The highest BCUT2D eigenvalue weighted by atomic mass is 16.2. The summed E-state index contributed by atoms with van der Waals surface area (Å²) in [7, 11) is 0. The lowest BCUT2D eigenvalue weighted by molar-refractivity contribution is -0.118. The first kappa shape index (κ1) is 12.1. The first-order valence-electron chi connectivity index (χ1n) is 5.48. The van der Waals surface area contributed by atoms with E-state index in [1.54, 1.807) is 25.1 Å². The number of hydrogen-bond donors (Lipinski definition) is 2. The lowest BCUT2D eigenvalue weighted by Crippen LogP contribution is -2.40. The van der Waals surface area contributed by atoms with Crippen molar-refractivity contribution in [1.82, 2.24) is 4.90 Å². The van der Waals surface area contributed by atoms with Gasteiger partial charge in [-0.1, -0.05) is 6.07 Å². The second-order valence-corrected chi connectivity index (χ2v) is 4.27. The molecule has 0 saturated heterocycles. The van der Waals surface area contributed by atoms with Crippen LogP contribution in [0.4, 0.5) is 5.69 Å². The van der Waals surface area contributed by atoms with E-state index >= 15 is 0 Å². The molecule has 2 rings (SSSR count). The van der Waals surface area contributed by atoms with E-state index in [9.17, 15) is 14.4 Å². The molecule has 0 fully saturated rings. The standard InChI is InChI=1S/C12H13N3O3/c1-6(5-9(14)16)15-11(17)7-3-2-4-8(13)10(7)12(15)18/h2-4,6H,5,13H2,1H3,(H2,14,16). The van der Waals surface area contributed by atoms with Gasteiger partial charge in [0.1, 0.15) is 0 Å². The monoisotopic (exact) mass is 247 g/mol. The normalized spacial score (nSPS) is 15.7. The lowest BCUT2D eigenvalue weighted by Gasteiger charge is -2.21. The molecule has 0 radical (unpaired) electrons. The van der Waals surface area contributed by atoms with Gasteiger partial charge in [-0.05, 0) is 19.1 Å². The van der Waals surface area contributed by atoms with E-state index in [0.29, 0.717) is 0 Å². The predicted molar refractivity (Wildman–Crippen MR) is 64.6 cm³/mol. The smallest absolute Gasteiger partial charge is 0.263 e. The molecule has 0 bridgehead atoms. The van der Waals surface area contributed by atoms with Crippen molar-refractivity contribution in [3.63, 3.8) is 0 Å². The van der Waals surface area contributed by atoms with Gasteiger partial charge in [0.25, 0.3) is 11.8 Å². The van der Waals surface area contributed by atoms with E-state index in [1.807, 2.05) is 0 Å². The Morgan fingerprint density at radius 1 is 1.33 bits per heavy atom. The van der Waals surface area contributed by atoms with Crippen LogP contribution in [0.1, 0.15) is 34.1 Å². The number of benzene rings is 1. The molecule has 6 nitrogen and oxygen atoms in total. The second kappa shape index (κ2) is 4.14. The van der Waals surface area contributed by atoms with Gasteiger partial charge in [-0.15, -0.1) is 0 Å². The van der Waals surface area contributed by atoms with Gasteiger partial charge in [0.05, 0.1) is 11.1 Å². The molecular weight excluding hydrogens is 234 g/mol. The molecule has 1 unspecified atom stereocenters. The lowest BCUT2D eigenvalue weighted by atomic mass is 10.1. The van der Waals surface area contributed by atoms with Gasteiger partial charge >= 0.3 is 0 Å². The summed E-state index contributed by atoms with van der Waals surface area (Å²) in [6.45, 7) is 1.60.